The number of rotatable bonds is 10. The van der Waals surface area contributed by atoms with Gasteiger partial charge in [-0.05, 0) is 63.6 Å². The van der Waals surface area contributed by atoms with Gasteiger partial charge in [-0.3, -0.25) is 4.79 Å². The monoisotopic (exact) mass is 491 g/mol. The van der Waals surface area contributed by atoms with Gasteiger partial charge in [0.25, 0.3) is 0 Å². The van der Waals surface area contributed by atoms with Crippen molar-refractivity contribution < 1.29 is 14.3 Å². The number of amides is 2. The van der Waals surface area contributed by atoms with E-state index in [4.69, 9.17) is 4.74 Å². The molecule has 6 heteroatoms. The van der Waals surface area contributed by atoms with Crippen molar-refractivity contribution in [2.45, 2.75) is 39.2 Å². The largest absolute Gasteiger partial charge is 0.444 e. The molecule has 0 aliphatic rings. The summed E-state index contributed by atoms with van der Waals surface area (Å²) >= 11 is 0. The third-order valence-corrected chi connectivity index (χ3v) is 10.1. The number of carbonyl (C=O) groups is 2. The van der Waals surface area contributed by atoms with Gasteiger partial charge in [0.15, 0.2) is 0 Å². The molecular formula is C29H36N2O3P+. The maximum Gasteiger partial charge on any atom is 0.407 e. The molecule has 0 heterocycles. The second-order valence-electron chi connectivity index (χ2n) is 9.42. The molecule has 0 unspecified atom stereocenters. The fourth-order valence-electron chi connectivity index (χ4n) is 4.13. The SMILES string of the molecule is CC(C)(C)OC(=O)NCCNC(=O)CCC[P+](c1ccccc1)(c1ccccc1)c1ccccc1. The highest BCUT2D eigenvalue weighted by atomic mass is 31.2. The first-order valence-corrected chi connectivity index (χ1v) is 14.1. The average molecular weight is 492 g/mol. The van der Waals surface area contributed by atoms with Crippen LogP contribution in [0.4, 0.5) is 4.79 Å². The van der Waals surface area contributed by atoms with Gasteiger partial charge in [0.2, 0.25) is 5.91 Å². The smallest absolute Gasteiger partial charge is 0.407 e. The highest BCUT2D eigenvalue weighted by Crippen LogP contribution is 2.55. The van der Waals surface area contributed by atoms with E-state index in [-0.39, 0.29) is 5.91 Å². The van der Waals surface area contributed by atoms with Gasteiger partial charge < -0.3 is 15.4 Å². The Morgan fingerprint density at radius 3 is 1.57 bits per heavy atom. The van der Waals surface area contributed by atoms with Crippen molar-refractivity contribution in [3.05, 3.63) is 91.0 Å². The maximum absolute atomic E-state index is 12.6. The second-order valence-corrected chi connectivity index (χ2v) is 13.0. The van der Waals surface area contributed by atoms with Gasteiger partial charge in [0.1, 0.15) is 28.8 Å². The molecule has 0 atom stereocenters. The normalized spacial score (nSPS) is 11.5. The topological polar surface area (TPSA) is 67.4 Å². The van der Waals surface area contributed by atoms with Gasteiger partial charge in [-0.15, -0.1) is 0 Å². The number of alkyl carbamates (subject to hydrolysis) is 1. The van der Waals surface area contributed by atoms with E-state index < -0.39 is 19.0 Å². The van der Waals surface area contributed by atoms with Crippen LogP contribution < -0.4 is 26.5 Å². The number of ether oxygens (including phenoxy) is 1. The zero-order chi connectivity index (χ0) is 25.2. The Kier molecular flexibility index (Phi) is 9.45. The van der Waals surface area contributed by atoms with Gasteiger partial charge in [-0.2, -0.15) is 0 Å². The average Bonchev–Trinajstić information content (AvgIpc) is 2.85. The van der Waals surface area contributed by atoms with Crippen LogP contribution in [0.15, 0.2) is 91.0 Å². The van der Waals surface area contributed by atoms with Gasteiger partial charge >= 0.3 is 6.09 Å². The van der Waals surface area contributed by atoms with Crippen LogP contribution in [0.5, 0.6) is 0 Å². The van der Waals surface area contributed by atoms with Gasteiger partial charge in [0, 0.05) is 19.5 Å². The molecule has 0 saturated heterocycles. The van der Waals surface area contributed by atoms with Gasteiger partial charge in [-0.25, -0.2) is 4.79 Å². The maximum atomic E-state index is 12.6. The van der Waals surface area contributed by atoms with Crippen molar-refractivity contribution in [1.29, 1.82) is 0 Å². The first kappa shape index (κ1) is 26.4. The van der Waals surface area contributed by atoms with Crippen molar-refractivity contribution in [1.82, 2.24) is 10.6 Å². The molecular weight excluding hydrogens is 455 g/mol. The van der Waals surface area contributed by atoms with Crippen molar-refractivity contribution >= 4 is 35.2 Å². The van der Waals surface area contributed by atoms with Crippen molar-refractivity contribution in [3.63, 3.8) is 0 Å². The Bertz CT molecular complexity index is 971. The Morgan fingerprint density at radius 2 is 1.14 bits per heavy atom. The zero-order valence-electron chi connectivity index (χ0n) is 20.9. The summed E-state index contributed by atoms with van der Waals surface area (Å²) in [6, 6.07) is 32.0. The molecule has 0 saturated carbocycles. The molecule has 0 aliphatic heterocycles. The fraction of sp³-hybridized carbons (Fsp3) is 0.310. The van der Waals surface area contributed by atoms with E-state index in [1.807, 2.05) is 39.0 Å². The third kappa shape index (κ3) is 7.66. The number of hydrogen-bond donors (Lipinski definition) is 2. The molecule has 3 aromatic carbocycles. The quantitative estimate of drug-likeness (QED) is 0.326. The molecule has 35 heavy (non-hydrogen) atoms. The minimum Gasteiger partial charge on any atom is -0.444 e. The molecule has 0 spiro atoms. The summed E-state index contributed by atoms with van der Waals surface area (Å²) in [5, 5.41) is 9.54. The summed E-state index contributed by atoms with van der Waals surface area (Å²) in [5.74, 6) is -0.0109. The van der Waals surface area contributed by atoms with Crippen molar-refractivity contribution in [3.8, 4) is 0 Å². The molecule has 0 bridgehead atoms. The Morgan fingerprint density at radius 1 is 0.714 bits per heavy atom. The zero-order valence-corrected chi connectivity index (χ0v) is 21.8. The number of nitrogens with one attached hydrogen (secondary N) is 2. The van der Waals surface area contributed by atoms with Crippen molar-refractivity contribution in [2.24, 2.45) is 0 Å². The second kappa shape index (κ2) is 12.5. The summed E-state index contributed by atoms with van der Waals surface area (Å²) in [6.45, 7) is 6.15. The van der Waals surface area contributed by atoms with E-state index in [2.05, 4.69) is 83.4 Å². The first-order valence-electron chi connectivity index (χ1n) is 12.1. The molecule has 0 radical (unpaired) electrons. The lowest BCUT2D eigenvalue weighted by molar-refractivity contribution is -0.121. The van der Waals surface area contributed by atoms with Gasteiger partial charge in [0.05, 0.1) is 6.16 Å². The summed E-state index contributed by atoms with van der Waals surface area (Å²) < 4.78 is 5.21. The van der Waals surface area contributed by atoms with E-state index >= 15 is 0 Å². The van der Waals surface area contributed by atoms with Crippen LogP contribution in [-0.2, 0) is 9.53 Å². The van der Waals surface area contributed by atoms with Crippen LogP contribution in [0.3, 0.4) is 0 Å². The molecule has 3 aromatic rings. The Labute approximate surface area is 209 Å². The minimum atomic E-state index is -1.93. The van der Waals surface area contributed by atoms with E-state index in [0.29, 0.717) is 19.5 Å². The molecule has 184 valence electrons. The summed E-state index contributed by atoms with van der Waals surface area (Å²) in [5.41, 5.74) is -0.542. The van der Waals surface area contributed by atoms with E-state index in [0.717, 1.165) is 12.6 Å². The van der Waals surface area contributed by atoms with Crippen molar-refractivity contribution in [2.75, 3.05) is 19.3 Å². The predicted octanol–water partition coefficient (Wildman–Crippen LogP) is 4.40. The number of benzene rings is 3. The fourth-order valence-corrected chi connectivity index (χ4v) is 8.47. The lowest BCUT2D eigenvalue weighted by atomic mass is 10.2. The molecule has 5 nitrogen and oxygen atoms in total. The summed E-state index contributed by atoms with van der Waals surface area (Å²) in [7, 11) is -1.93. The van der Waals surface area contributed by atoms with Crippen LogP contribution in [0.25, 0.3) is 0 Å². The standard InChI is InChI=1S/C29H35N2O3P/c1-29(2,3)34-28(33)31-22-21-30-27(32)20-13-23-35(24-14-7-4-8-15-24,25-16-9-5-10-17-25)26-18-11-6-12-19-26/h4-12,14-19H,13,20-23H2,1-3H3,(H-,30,31,32,33)/p+1. The van der Waals surface area contributed by atoms with Crippen LogP contribution in [0, 0.1) is 0 Å². The van der Waals surface area contributed by atoms with Crippen LogP contribution >= 0.6 is 7.26 Å². The summed E-state index contributed by atoms with van der Waals surface area (Å²) in [6.07, 6.45) is 1.61. The van der Waals surface area contributed by atoms with Gasteiger partial charge in [-0.1, -0.05) is 54.6 Å². The van der Waals surface area contributed by atoms with Crippen LogP contribution in [0.2, 0.25) is 0 Å². The Hall–Kier alpha value is -3.17. The minimum absolute atomic E-state index is 0.0109. The van der Waals surface area contributed by atoms with E-state index in [1.54, 1.807) is 0 Å². The molecule has 0 aliphatic carbocycles. The molecule has 2 amide bonds. The lowest BCUT2D eigenvalue weighted by Gasteiger charge is -2.27. The van der Waals surface area contributed by atoms with Crippen LogP contribution in [0.1, 0.15) is 33.6 Å². The molecule has 0 aromatic heterocycles. The number of hydrogen-bond acceptors (Lipinski definition) is 3. The molecule has 0 fully saturated rings. The summed E-state index contributed by atoms with van der Waals surface area (Å²) in [4.78, 5) is 24.3. The first-order chi connectivity index (χ1) is 16.8. The molecule has 2 N–H and O–H groups in total. The predicted molar refractivity (Wildman–Crippen MR) is 146 cm³/mol. The van der Waals surface area contributed by atoms with Crippen LogP contribution in [-0.4, -0.2) is 36.9 Å². The third-order valence-electron chi connectivity index (χ3n) is 5.60. The highest BCUT2D eigenvalue weighted by molar-refractivity contribution is 7.95. The van der Waals surface area contributed by atoms with E-state index in [9.17, 15) is 9.59 Å². The number of carbonyl (C=O) groups excluding carboxylic acids is 2. The highest BCUT2D eigenvalue weighted by Gasteiger charge is 2.44. The molecule has 3 rings (SSSR count). The van der Waals surface area contributed by atoms with E-state index in [1.165, 1.54) is 15.9 Å². The lowest BCUT2D eigenvalue weighted by Crippen LogP contribution is -2.38. The Balaban J connectivity index is 1.67.